The van der Waals surface area contributed by atoms with E-state index in [1.165, 1.54) is 0 Å². The van der Waals surface area contributed by atoms with Gasteiger partial charge in [-0.05, 0) is 20.9 Å². The maximum Gasteiger partial charge on any atom is 0.211 e. The molecule has 1 unspecified atom stereocenters. The van der Waals surface area contributed by atoms with Gasteiger partial charge in [0.15, 0.2) is 0 Å². The zero-order valence-corrected chi connectivity index (χ0v) is 12.0. The van der Waals surface area contributed by atoms with Crippen LogP contribution in [0.2, 0.25) is 0 Å². The third-order valence-electron chi connectivity index (χ3n) is 2.63. The highest BCUT2D eigenvalue weighted by Gasteiger charge is 2.13. The van der Waals surface area contributed by atoms with Gasteiger partial charge in [-0.1, -0.05) is 0 Å². The molecule has 1 atom stereocenters. The van der Waals surface area contributed by atoms with Gasteiger partial charge in [0.2, 0.25) is 10.0 Å². The summed E-state index contributed by atoms with van der Waals surface area (Å²) in [6, 6.07) is 0.137. The van der Waals surface area contributed by atoms with Crippen molar-refractivity contribution in [1.29, 1.82) is 0 Å². The van der Waals surface area contributed by atoms with E-state index < -0.39 is 10.0 Å². The van der Waals surface area contributed by atoms with Gasteiger partial charge in [-0.3, -0.25) is 4.90 Å². The van der Waals surface area contributed by atoms with Crippen molar-refractivity contribution in [3.63, 3.8) is 0 Å². The molecule has 0 fully saturated rings. The first-order valence-corrected chi connectivity index (χ1v) is 8.08. The molecule has 0 amide bonds. The first-order chi connectivity index (χ1) is 7.94. The van der Waals surface area contributed by atoms with Crippen LogP contribution in [0, 0.1) is 0 Å². The number of rotatable bonds is 7. The molecule has 0 bridgehead atoms. The normalized spacial score (nSPS) is 14.1. The number of hydrogen-bond donors (Lipinski definition) is 1. The molecule has 1 aromatic rings. The molecule has 1 N–H and O–H groups in total. The zero-order valence-electron chi connectivity index (χ0n) is 10.4. The molecular formula is C10H19N3O2S2. The van der Waals surface area contributed by atoms with Crippen LogP contribution in [0.1, 0.15) is 19.5 Å². The van der Waals surface area contributed by atoms with Gasteiger partial charge in [0.1, 0.15) is 0 Å². The van der Waals surface area contributed by atoms with Gasteiger partial charge in [0.05, 0.1) is 17.0 Å². The quantitative estimate of drug-likeness (QED) is 0.804. The molecule has 1 aromatic heterocycles. The van der Waals surface area contributed by atoms with Gasteiger partial charge in [-0.2, -0.15) is 0 Å². The Morgan fingerprint density at radius 1 is 1.59 bits per heavy atom. The van der Waals surface area contributed by atoms with Gasteiger partial charge >= 0.3 is 0 Å². The summed E-state index contributed by atoms with van der Waals surface area (Å²) in [6.45, 7) is 4.78. The predicted molar refractivity (Wildman–Crippen MR) is 70.5 cm³/mol. The van der Waals surface area contributed by atoms with Crippen molar-refractivity contribution in [2.45, 2.75) is 26.4 Å². The summed E-state index contributed by atoms with van der Waals surface area (Å²) in [5.41, 5.74) is 2.82. The van der Waals surface area contributed by atoms with Crippen LogP contribution in [0.4, 0.5) is 0 Å². The molecule has 5 nitrogen and oxygen atoms in total. The Hall–Kier alpha value is -0.500. The number of sulfonamides is 1. The average Bonchev–Trinajstić information content (AvgIpc) is 2.78. The Bertz CT molecular complexity index is 417. The van der Waals surface area contributed by atoms with Gasteiger partial charge in [-0.15, -0.1) is 11.3 Å². The Labute approximate surface area is 107 Å². The van der Waals surface area contributed by atoms with E-state index in [-0.39, 0.29) is 11.8 Å². The van der Waals surface area contributed by atoms with Crippen LogP contribution in [0.25, 0.3) is 0 Å². The van der Waals surface area contributed by atoms with Crippen molar-refractivity contribution in [3.8, 4) is 0 Å². The summed E-state index contributed by atoms with van der Waals surface area (Å²) in [5.74, 6) is 0.121. The van der Waals surface area contributed by atoms with Crippen LogP contribution in [0.3, 0.4) is 0 Å². The van der Waals surface area contributed by atoms with E-state index in [4.69, 9.17) is 0 Å². The van der Waals surface area contributed by atoms with Gasteiger partial charge in [-0.25, -0.2) is 18.1 Å². The van der Waals surface area contributed by atoms with Gasteiger partial charge in [0.25, 0.3) is 0 Å². The molecule has 0 aliphatic heterocycles. The van der Waals surface area contributed by atoms with Crippen LogP contribution in [0.5, 0.6) is 0 Å². The van der Waals surface area contributed by atoms with Gasteiger partial charge < -0.3 is 0 Å². The smallest absolute Gasteiger partial charge is 0.211 e. The van der Waals surface area contributed by atoms with E-state index in [1.54, 1.807) is 23.8 Å². The molecule has 0 saturated carbocycles. The minimum Gasteiger partial charge on any atom is -0.297 e. The molecule has 1 heterocycles. The number of hydrogen-bond acceptors (Lipinski definition) is 5. The number of nitrogens with zero attached hydrogens (tertiary/aromatic N) is 2. The standard InChI is InChI=1S/C10H19N3O2S2/c1-4-17(14,15)12-5-9(2)13(3)6-10-7-16-8-11-10/h7-9,12H,4-6H2,1-3H3. The minimum atomic E-state index is -3.10. The molecule has 0 radical (unpaired) electrons. The second-order valence-corrected chi connectivity index (χ2v) is 6.81. The number of nitrogens with one attached hydrogen (secondary N) is 1. The lowest BCUT2D eigenvalue weighted by atomic mass is 10.3. The summed E-state index contributed by atoms with van der Waals surface area (Å²) in [4.78, 5) is 6.28. The first-order valence-electron chi connectivity index (χ1n) is 5.49. The second-order valence-electron chi connectivity index (χ2n) is 4.00. The van der Waals surface area contributed by atoms with Crippen molar-refractivity contribution in [2.75, 3.05) is 19.3 Å². The molecule has 0 aromatic carbocycles. The largest absolute Gasteiger partial charge is 0.297 e. The van der Waals surface area contributed by atoms with Gasteiger partial charge in [0, 0.05) is 24.5 Å². The summed E-state index contributed by atoms with van der Waals surface area (Å²) >= 11 is 1.57. The molecule has 98 valence electrons. The highest BCUT2D eigenvalue weighted by atomic mass is 32.2. The van der Waals surface area contributed by atoms with E-state index in [2.05, 4.69) is 14.6 Å². The van der Waals surface area contributed by atoms with Crippen molar-refractivity contribution < 1.29 is 8.42 Å². The molecule has 0 spiro atoms. The van der Waals surface area contributed by atoms with Crippen LogP contribution >= 0.6 is 11.3 Å². The number of likely N-dealkylation sites (N-methyl/N-ethyl adjacent to an activating group) is 1. The van der Waals surface area contributed by atoms with Crippen LogP contribution in [-0.2, 0) is 16.6 Å². The number of thiazole rings is 1. The lowest BCUT2D eigenvalue weighted by molar-refractivity contribution is 0.248. The van der Waals surface area contributed by atoms with E-state index in [1.807, 2.05) is 19.4 Å². The Kier molecular flexibility index (Phi) is 5.51. The van der Waals surface area contributed by atoms with E-state index in [0.29, 0.717) is 6.54 Å². The fourth-order valence-electron chi connectivity index (χ4n) is 1.23. The lowest BCUT2D eigenvalue weighted by Gasteiger charge is -2.23. The minimum absolute atomic E-state index is 0.121. The van der Waals surface area contributed by atoms with E-state index >= 15 is 0 Å². The summed E-state index contributed by atoms with van der Waals surface area (Å²) < 4.78 is 25.2. The lowest BCUT2D eigenvalue weighted by Crippen LogP contribution is -2.40. The monoisotopic (exact) mass is 277 g/mol. The zero-order chi connectivity index (χ0) is 12.9. The predicted octanol–water partition coefficient (Wildman–Crippen LogP) is 0.903. The summed E-state index contributed by atoms with van der Waals surface area (Å²) in [5, 5.41) is 2.00. The molecule has 0 aliphatic rings. The summed E-state index contributed by atoms with van der Waals surface area (Å²) in [6.07, 6.45) is 0. The Morgan fingerprint density at radius 3 is 2.82 bits per heavy atom. The van der Waals surface area contributed by atoms with E-state index in [0.717, 1.165) is 12.2 Å². The molecular weight excluding hydrogens is 258 g/mol. The molecule has 1 rings (SSSR count). The molecule has 0 saturated heterocycles. The average molecular weight is 277 g/mol. The molecule has 17 heavy (non-hydrogen) atoms. The molecule has 0 aliphatic carbocycles. The second kappa shape index (κ2) is 6.44. The SMILES string of the molecule is CCS(=O)(=O)NCC(C)N(C)Cc1cscn1. The highest BCUT2D eigenvalue weighted by Crippen LogP contribution is 2.06. The maximum atomic E-state index is 11.3. The Balaban J connectivity index is 2.39. The van der Waals surface area contributed by atoms with Crippen LogP contribution < -0.4 is 4.72 Å². The highest BCUT2D eigenvalue weighted by molar-refractivity contribution is 7.89. The van der Waals surface area contributed by atoms with Crippen LogP contribution in [-0.4, -0.2) is 43.7 Å². The Morgan fingerprint density at radius 2 is 2.29 bits per heavy atom. The fourth-order valence-corrected chi connectivity index (χ4v) is 2.48. The third-order valence-corrected chi connectivity index (χ3v) is 4.63. The molecule has 7 heteroatoms. The first kappa shape index (κ1) is 14.6. The van der Waals surface area contributed by atoms with E-state index in [9.17, 15) is 8.42 Å². The topological polar surface area (TPSA) is 62.3 Å². The van der Waals surface area contributed by atoms with Crippen molar-refractivity contribution in [3.05, 3.63) is 16.6 Å². The third kappa shape index (κ3) is 5.12. The fraction of sp³-hybridized carbons (Fsp3) is 0.700. The maximum absolute atomic E-state index is 11.3. The number of aromatic nitrogens is 1. The van der Waals surface area contributed by atoms with Crippen molar-refractivity contribution in [1.82, 2.24) is 14.6 Å². The summed E-state index contributed by atoms with van der Waals surface area (Å²) in [7, 11) is -1.14. The van der Waals surface area contributed by atoms with Crippen molar-refractivity contribution >= 4 is 21.4 Å². The van der Waals surface area contributed by atoms with Crippen LogP contribution in [0.15, 0.2) is 10.9 Å². The van der Waals surface area contributed by atoms with Crippen molar-refractivity contribution in [2.24, 2.45) is 0 Å².